The lowest BCUT2D eigenvalue weighted by Crippen LogP contribution is -2.06. The zero-order chi connectivity index (χ0) is 11.4. The average Bonchev–Trinajstić information content (AvgIpc) is 2.59. The summed E-state index contributed by atoms with van der Waals surface area (Å²) in [7, 11) is 1.94. The van der Waals surface area contributed by atoms with Gasteiger partial charge < -0.3 is 5.32 Å². The van der Waals surface area contributed by atoms with Crippen molar-refractivity contribution in [2.24, 2.45) is 7.05 Å². The summed E-state index contributed by atoms with van der Waals surface area (Å²) in [6.07, 6.45) is 3.04. The maximum Gasteiger partial charge on any atom is 0.150 e. The monoisotopic (exact) mass is 251 g/mol. The van der Waals surface area contributed by atoms with Crippen molar-refractivity contribution in [3.8, 4) is 0 Å². The Kier molecular flexibility index (Phi) is 5.04. The van der Waals surface area contributed by atoms with Crippen LogP contribution in [0.25, 0.3) is 0 Å². The molecule has 0 atom stereocenters. The molecular formula is C13H18ClN3. The maximum atomic E-state index is 4.35. The van der Waals surface area contributed by atoms with E-state index in [4.69, 9.17) is 0 Å². The molecule has 0 aliphatic rings. The summed E-state index contributed by atoms with van der Waals surface area (Å²) in [4.78, 5) is 0. The lowest BCUT2D eigenvalue weighted by molar-refractivity contribution is 0.767. The molecule has 0 aliphatic heterocycles. The Labute approximate surface area is 108 Å². The van der Waals surface area contributed by atoms with Crippen LogP contribution in [0.5, 0.6) is 0 Å². The Morgan fingerprint density at radius 3 is 2.53 bits per heavy atom. The highest BCUT2D eigenvalue weighted by molar-refractivity contribution is 5.85. The zero-order valence-corrected chi connectivity index (χ0v) is 11.0. The molecule has 0 unspecified atom stereocenters. The number of benzene rings is 1. The van der Waals surface area contributed by atoms with Crippen molar-refractivity contribution in [2.75, 3.05) is 11.9 Å². The smallest absolute Gasteiger partial charge is 0.150 e. The van der Waals surface area contributed by atoms with Crippen molar-refractivity contribution < 1.29 is 0 Å². The molecule has 0 bridgehead atoms. The van der Waals surface area contributed by atoms with Gasteiger partial charge in [0.2, 0.25) is 0 Å². The third-order valence-corrected chi connectivity index (χ3v) is 2.56. The molecule has 0 saturated carbocycles. The van der Waals surface area contributed by atoms with E-state index in [9.17, 15) is 0 Å². The molecule has 0 saturated heterocycles. The van der Waals surface area contributed by atoms with Crippen LogP contribution in [0.1, 0.15) is 11.1 Å². The lowest BCUT2D eigenvalue weighted by atomic mass is 10.1. The Morgan fingerprint density at radius 2 is 1.94 bits per heavy atom. The minimum Gasteiger partial charge on any atom is -0.368 e. The van der Waals surface area contributed by atoms with Crippen LogP contribution in [0.2, 0.25) is 0 Å². The molecule has 1 aromatic heterocycles. The van der Waals surface area contributed by atoms with E-state index < -0.39 is 0 Å². The number of rotatable bonds is 4. The molecule has 0 aliphatic carbocycles. The van der Waals surface area contributed by atoms with E-state index >= 15 is 0 Å². The largest absolute Gasteiger partial charge is 0.368 e. The predicted molar refractivity (Wildman–Crippen MR) is 73.8 cm³/mol. The van der Waals surface area contributed by atoms with Crippen molar-refractivity contribution >= 4 is 18.2 Å². The van der Waals surface area contributed by atoms with Crippen LogP contribution in [0.15, 0.2) is 36.5 Å². The normalized spacial score (nSPS) is 9.76. The molecule has 92 valence electrons. The quantitative estimate of drug-likeness (QED) is 0.906. The van der Waals surface area contributed by atoms with E-state index in [0.717, 1.165) is 18.8 Å². The highest BCUT2D eigenvalue weighted by atomic mass is 35.5. The van der Waals surface area contributed by atoms with Gasteiger partial charge in [-0.05, 0) is 18.9 Å². The second-order valence-corrected chi connectivity index (χ2v) is 4.00. The summed E-state index contributed by atoms with van der Waals surface area (Å²) in [5, 5.41) is 7.70. The molecule has 4 heteroatoms. The second kappa shape index (κ2) is 6.30. The third kappa shape index (κ3) is 3.79. The molecule has 2 aromatic rings. The molecule has 1 aromatic carbocycles. The summed E-state index contributed by atoms with van der Waals surface area (Å²) >= 11 is 0. The molecule has 0 fully saturated rings. The molecule has 0 amide bonds. The highest BCUT2D eigenvalue weighted by Crippen LogP contribution is 2.10. The number of nitrogens with zero attached hydrogens (tertiary/aromatic N) is 2. The maximum absolute atomic E-state index is 4.35. The van der Waals surface area contributed by atoms with Gasteiger partial charge in [-0.2, -0.15) is 5.10 Å². The third-order valence-electron chi connectivity index (χ3n) is 2.56. The van der Waals surface area contributed by atoms with Crippen LogP contribution in [0.3, 0.4) is 0 Å². The molecule has 3 nitrogen and oxygen atoms in total. The number of halogens is 1. The summed E-state index contributed by atoms with van der Waals surface area (Å²) in [6, 6.07) is 10.5. The van der Waals surface area contributed by atoms with E-state index in [-0.39, 0.29) is 12.4 Å². The lowest BCUT2D eigenvalue weighted by Gasteiger charge is -2.04. The van der Waals surface area contributed by atoms with Gasteiger partial charge in [0.15, 0.2) is 5.82 Å². The molecular weight excluding hydrogens is 234 g/mol. The summed E-state index contributed by atoms with van der Waals surface area (Å²) in [5.74, 6) is 0.985. The van der Waals surface area contributed by atoms with E-state index in [1.165, 1.54) is 11.1 Å². The van der Waals surface area contributed by atoms with Crippen molar-refractivity contribution in [1.29, 1.82) is 0 Å². The standard InChI is InChI=1S/C13H17N3.ClH/c1-11-10-16(2)15-13(11)14-9-8-12-6-4-3-5-7-12;/h3-7,10H,8-9H2,1-2H3,(H,14,15);1H. The first-order chi connectivity index (χ1) is 7.75. The second-order valence-electron chi connectivity index (χ2n) is 4.00. The Bertz CT molecular complexity index is 451. The fraction of sp³-hybridized carbons (Fsp3) is 0.308. The molecule has 1 heterocycles. The van der Waals surface area contributed by atoms with E-state index in [0.29, 0.717) is 0 Å². The van der Waals surface area contributed by atoms with Gasteiger partial charge >= 0.3 is 0 Å². The van der Waals surface area contributed by atoms with E-state index in [1.807, 2.05) is 24.0 Å². The number of hydrogen-bond acceptors (Lipinski definition) is 2. The fourth-order valence-corrected chi connectivity index (χ4v) is 1.75. The zero-order valence-electron chi connectivity index (χ0n) is 10.2. The van der Waals surface area contributed by atoms with Gasteiger partial charge in [0.1, 0.15) is 0 Å². The van der Waals surface area contributed by atoms with Gasteiger partial charge in [-0.3, -0.25) is 4.68 Å². The average molecular weight is 252 g/mol. The Morgan fingerprint density at radius 1 is 1.24 bits per heavy atom. The number of nitrogens with one attached hydrogen (secondary N) is 1. The molecule has 2 rings (SSSR count). The topological polar surface area (TPSA) is 29.9 Å². The number of anilines is 1. The molecule has 1 N–H and O–H groups in total. The van der Waals surface area contributed by atoms with Crippen LogP contribution < -0.4 is 5.32 Å². The first kappa shape index (κ1) is 13.6. The number of aromatic nitrogens is 2. The Hall–Kier alpha value is -1.48. The first-order valence-electron chi connectivity index (χ1n) is 5.54. The highest BCUT2D eigenvalue weighted by Gasteiger charge is 2.01. The molecule has 0 spiro atoms. The van der Waals surface area contributed by atoms with Gasteiger partial charge in [0, 0.05) is 25.4 Å². The van der Waals surface area contributed by atoms with Gasteiger partial charge in [-0.15, -0.1) is 12.4 Å². The summed E-state index contributed by atoms with van der Waals surface area (Å²) in [6.45, 7) is 2.99. The SMILES string of the molecule is Cc1cn(C)nc1NCCc1ccccc1.Cl. The predicted octanol–water partition coefficient (Wildman–Crippen LogP) is 2.80. The minimum atomic E-state index is 0. The van der Waals surface area contributed by atoms with Crippen molar-refractivity contribution in [1.82, 2.24) is 9.78 Å². The summed E-state index contributed by atoms with van der Waals surface area (Å²) < 4.78 is 1.83. The molecule has 0 radical (unpaired) electrons. The van der Waals surface area contributed by atoms with Crippen molar-refractivity contribution in [3.63, 3.8) is 0 Å². The number of hydrogen-bond donors (Lipinski definition) is 1. The fourth-order valence-electron chi connectivity index (χ4n) is 1.75. The van der Waals surface area contributed by atoms with Gasteiger partial charge in [-0.1, -0.05) is 30.3 Å². The van der Waals surface area contributed by atoms with Crippen LogP contribution in [0.4, 0.5) is 5.82 Å². The summed E-state index contributed by atoms with van der Waals surface area (Å²) in [5.41, 5.74) is 2.54. The van der Waals surface area contributed by atoms with Crippen LogP contribution in [-0.4, -0.2) is 16.3 Å². The van der Waals surface area contributed by atoms with Crippen LogP contribution in [0, 0.1) is 6.92 Å². The van der Waals surface area contributed by atoms with Crippen molar-refractivity contribution in [3.05, 3.63) is 47.7 Å². The van der Waals surface area contributed by atoms with E-state index in [1.54, 1.807) is 0 Å². The van der Waals surface area contributed by atoms with E-state index in [2.05, 4.69) is 41.6 Å². The van der Waals surface area contributed by atoms with Gasteiger partial charge in [0.25, 0.3) is 0 Å². The Balaban J connectivity index is 0.00000144. The van der Waals surface area contributed by atoms with Gasteiger partial charge in [-0.25, -0.2) is 0 Å². The molecule has 17 heavy (non-hydrogen) atoms. The minimum absolute atomic E-state index is 0. The van der Waals surface area contributed by atoms with Crippen LogP contribution in [-0.2, 0) is 13.5 Å². The van der Waals surface area contributed by atoms with Crippen molar-refractivity contribution in [2.45, 2.75) is 13.3 Å². The van der Waals surface area contributed by atoms with Gasteiger partial charge in [0.05, 0.1) is 0 Å². The first-order valence-corrected chi connectivity index (χ1v) is 5.54. The number of aryl methyl sites for hydroxylation is 2. The van der Waals surface area contributed by atoms with Crippen LogP contribution >= 0.6 is 12.4 Å².